The summed E-state index contributed by atoms with van der Waals surface area (Å²) in [7, 11) is 0. The second-order valence-electron chi connectivity index (χ2n) is 5.79. The Morgan fingerprint density at radius 1 is 1.39 bits per heavy atom. The number of H-pyrrole nitrogens is 1. The maximum atomic E-state index is 5.87. The van der Waals surface area contributed by atoms with Crippen molar-refractivity contribution in [3.8, 4) is 10.6 Å². The molecule has 3 aromatic heterocycles. The molecule has 1 N–H and O–H groups in total. The molecule has 0 aliphatic carbocycles. The van der Waals surface area contributed by atoms with Gasteiger partial charge in [0.15, 0.2) is 0 Å². The van der Waals surface area contributed by atoms with Gasteiger partial charge in [-0.05, 0) is 30.5 Å². The molecule has 1 saturated heterocycles. The van der Waals surface area contributed by atoms with Gasteiger partial charge < -0.3 is 9.15 Å². The third-order valence-electron chi connectivity index (χ3n) is 4.11. The van der Waals surface area contributed by atoms with Crippen molar-refractivity contribution in [1.29, 1.82) is 0 Å². The second kappa shape index (κ2) is 6.31. The van der Waals surface area contributed by atoms with Crippen molar-refractivity contribution in [2.24, 2.45) is 0 Å². The van der Waals surface area contributed by atoms with E-state index in [0.29, 0.717) is 0 Å². The summed E-state index contributed by atoms with van der Waals surface area (Å²) in [5, 5.41) is 9.44. The lowest BCUT2D eigenvalue weighted by molar-refractivity contribution is -0.0430. The Hall–Kier alpha value is -1.89. The zero-order valence-electron chi connectivity index (χ0n) is 13.0. The van der Waals surface area contributed by atoms with Gasteiger partial charge in [0.1, 0.15) is 17.6 Å². The predicted octanol–water partition coefficient (Wildman–Crippen LogP) is 3.61. The molecule has 5 nitrogen and oxygen atoms in total. The van der Waals surface area contributed by atoms with Crippen molar-refractivity contribution < 1.29 is 9.15 Å². The van der Waals surface area contributed by atoms with Crippen molar-refractivity contribution in [1.82, 2.24) is 15.1 Å². The molecule has 1 aliphatic rings. The summed E-state index contributed by atoms with van der Waals surface area (Å²) in [6, 6.07) is 8.19. The number of aryl methyl sites for hydroxylation is 1. The van der Waals surface area contributed by atoms with Gasteiger partial charge in [-0.2, -0.15) is 5.10 Å². The van der Waals surface area contributed by atoms with Crippen LogP contribution in [0.4, 0.5) is 0 Å². The van der Waals surface area contributed by atoms with E-state index in [4.69, 9.17) is 9.15 Å². The molecule has 1 fully saturated rings. The number of nitrogens with one attached hydrogen (secondary N) is 1. The molecule has 3 aromatic rings. The van der Waals surface area contributed by atoms with Crippen molar-refractivity contribution in [3.05, 3.63) is 52.9 Å². The van der Waals surface area contributed by atoms with Crippen molar-refractivity contribution in [3.63, 3.8) is 0 Å². The number of furan rings is 1. The predicted molar refractivity (Wildman–Crippen MR) is 89.3 cm³/mol. The lowest BCUT2D eigenvalue weighted by Crippen LogP contribution is -2.37. The van der Waals surface area contributed by atoms with E-state index in [1.165, 1.54) is 10.4 Å². The summed E-state index contributed by atoms with van der Waals surface area (Å²) < 4.78 is 11.6. The SMILES string of the molecule is Cc1ccc(C2CN(Cc3cn[nH]c3-c3cccs3)CCO2)o1. The second-order valence-corrected chi connectivity index (χ2v) is 6.74. The largest absolute Gasteiger partial charge is 0.464 e. The molecule has 0 aromatic carbocycles. The van der Waals surface area contributed by atoms with Gasteiger partial charge in [0.2, 0.25) is 0 Å². The third kappa shape index (κ3) is 3.10. The highest BCUT2D eigenvalue weighted by Crippen LogP contribution is 2.29. The molecule has 120 valence electrons. The average molecular weight is 329 g/mol. The van der Waals surface area contributed by atoms with E-state index in [-0.39, 0.29) is 6.10 Å². The lowest BCUT2D eigenvalue weighted by Gasteiger charge is -2.31. The smallest absolute Gasteiger partial charge is 0.134 e. The fourth-order valence-electron chi connectivity index (χ4n) is 2.95. The molecule has 0 radical (unpaired) electrons. The Labute approximate surface area is 138 Å². The van der Waals surface area contributed by atoms with E-state index in [0.717, 1.165) is 43.5 Å². The number of ether oxygens (including phenoxy) is 1. The third-order valence-corrected chi connectivity index (χ3v) is 5.00. The summed E-state index contributed by atoms with van der Waals surface area (Å²) in [5.74, 6) is 1.84. The standard InChI is InChI=1S/C17H19N3O2S/c1-12-4-5-14(22-12)15-11-20(6-7-21-15)10-13-9-18-19-17(13)16-3-2-8-23-16/h2-5,8-9,15H,6-7,10-11H2,1H3,(H,18,19). The Balaban J connectivity index is 1.48. The molecule has 6 heteroatoms. The Kier molecular flexibility index (Phi) is 4.03. The minimum absolute atomic E-state index is 0.00883. The number of thiophene rings is 1. The highest BCUT2D eigenvalue weighted by Gasteiger charge is 2.25. The molecule has 0 saturated carbocycles. The average Bonchev–Trinajstić information content (AvgIpc) is 3.28. The van der Waals surface area contributed by atoms with Crippen LogP contribution in [0.5, 0.6) is 0 Å². The van der Waals surface area contributed by atoms with Crippen LogP contribution >= 0.6 is 11.3 Å². The van der Waals surface area contributed by atoms with Gasteiger partial charge in [0.25, 0.3) is 0 Å². The number of nitrogens with zero attached hydrogens (tertiary/aromatic N) is 2. The Morgan fingerprint density at radius 3 is 3.13 bits per heavy atom. The zero-order valence-corrected chi connectivity index (χ0v) is 13.8. The van der Waals surface area contributed by atoms with E-state index in [2.05, 4.69) is 32.6 Å². The molecule has 0 amide bonds. The van der Waals surface area contributed by atoms with E-state index < -0.39 is 0 Å². The topological polar surface area (TPSA) is 54.3 Å². The van der Waals surface area contributed by atoms with Crippen LogP contribution in [-0.2, 0) is 11.3 Å². The molecular weight excluding hydrogens is 310 g/mol. The fourth-order valence-corrected chi connectivity index (χ4v) is 3.71. The molecule has 1 unspecified atom stereocenters. The lowest BCUT2D eigenvalue weighted by atomic mass is 10.1. The molecule has 0 bridgehead atoms. The molecule has 4 heterocycles. The van der Waals surface area contributed by atoms with Gasteiger partial charge in [0.05, 0.1) is 23.4 Å². The Bertz CT molecular complexity index is 763. The maximum Gasteiger partial charge on any atom is 0.134 e. The Morgan fingerprint density at radius 2 is 2.35 bits per heavy atom. The first-order valence-corrected chi connectivity index (χ1v) is 8.64. The number of hydrogen-bond acceptors (Lipinski definition) is 5. The van der Waals surface area contributed by atoms with E-state index in [1.807, 2.05) is 25.3 Å². The van der Waals surface area contributed by atoms with Gasteiger partial charge in [-0.1, -0.05) is 6.07 Å². The monoisotopic (exact) mass is 329 g/mol. The number of rotatable bonds is 4. The van der Waals surface area contributed by atoms with Gasteiger partial charge >= 0.3 is 0 Å². The highest BCUT2D eigenvalue weighted by atomic mass is 32.1. The van der Waals surface area contributed by atoms with E-state index in [1.54, 1.807) is 11.3 Å². The first kappa shape index (κ1) is 14.7. The summed E-state index contributed by atoms with van der Waals surface area (Å²) in [6.07, 6.45) is 1.94. The zero-order chi connectivity index (χ0) is 15.6. The van der Waals surface area contributed by atoms with Crippen LogP contribution in [-0.4, -0.2) is 34.8 Å². The van der Waals surface area contributed by atoms with Gasteiger partial charge in [-0.15, -0.1) is 11.3 Å². The number of morpholine rings is 1. The van der Waals surface area contributed by atoms with Crippen LogP contribution in [0, 0.1) is 6.92 Å². The first-order valence-electron chi connectivity index (χ1n) is 7.76. The van der Waals surface area contributed by atoms with Crippen molar-refractivity contribution >= 4 is 11.3 Å². The maximum absolute atomic E-state index is 5.87. The van der Waals surface area contributed by atoms with Crippen LogP contribution < -0.4 is 0 Å². The molecule has 23 heavy (non-hydrogen) atoms. The van der Waals surface area contributed by atoms with E-state index in [9.17, 15) is 0 Å². The van der Waals surface area contributed by atoms with Gasteiger partial charge in [0, 0.05) is 25.2 Å². The summed E-state index contributed by atoms with van der Waals surface area (Å²) in [6.45, 7) is 5.30. The van der Waals surface area contributed by atoms with Crippen LogP contribution in [0.25, 0.3) is 10.6 Å². The van der Waals surface area contributed by atoms with Crippen molar-refractivity contribution in [2.75, 3.05) is 19.7 Å². The number of hydrogen-bond donors (Lipinski definition) is 1. The fraction of sp³-hybridized carbons (Fsp3) is 0.353. The van der Waals surface area contributed by atoms with Crippen LogP contribution in [0.2, 0.25) is 0 Å². The highest BCUT2D eigenvalue weighted by molar-refractivity contribution is 7.13. The first-order chi connectivity index (χ1) is 11.3. The van der Waals surface area contributed by atoms with E-state index >= 15 is 0 Å². The molecule has 0 spiro atoms. The molecule has 1 atom stereocenters. The quantitative estimate of drug-likeness (QED) is 0.794. The minimum atomic E-state index is 0.00883. The summed E-state index contributed by atoms with van der Waals surface area (Å²) >= 11 is 1.73. The molecular formula is C17H19N3O2S. The number of aromatic nitrogens is 2. The number of aromatic amines is 1. The molecule has 4 rings (SSSR count). The van der Waals surface area contributed by atoms with Gasteiger partial charge in [-0.25, -0.2) is 0 Å². The summed E-state index contributed by atoms with van der Waals surface area (Å²) in [4.78, 5) is 3.62. The van der Waals surface area contributed by atoms with Crippen molar-refractivity contribution in [2.45, 2.75) is 19.6 Å². The minimum Gasteiger partial charge on any atom is -0.464 e. The van der Waals surface area contributed by atoms with Gasteiger partial charge in [-0.3, -0.25) is 10.00 Å². The normalized spacial score (nSPS) is 19.3. The van der Waals surface area contributed by atoms with Crippen LogP contribution in [0.1, 0.15) is 23.2 Å². The summed E-state index contributed by atoms with van der Waals surface area (Å²) in [5.41, 5.74) is 2.35. The van der Waals surface area contributed by atoms with Crippen LogP contribution in [0.15, 0.2) is 40.3 Å². The van der Waals surface area contributed by atoms with Crippen LogP contribution in [0.3, 0.4) is 0 Å². The molecule has 1 aliphatic heterocycles.